The number of carboxylic acids is 1. The van der Waals surface area contributed by atoms with Crippen LogP contribution in [0.25, 0.3) is 0 Å². The molecule has 1 aliphatic rings. The second-order valence-corrected chi connectivity index (χ2v) is 5.30. The largest absolute Gasteiger partial charge is 0.480 e. The molecule has 0 aromatic heterocycles. The molecule has 0 radical (unpaired) electrons. The van der Waals surface area contributed by atoms with Crippen LogP contribution >= 0.6 is 11.8 Å². The summed E-state index contributed by atoms with van der Waals surface area (Å²) in [6, 6.07) is 5.01. The van der Waals surface area contributed by atoms with Crippen LogP contribution in [0.5, 0.6) is 0 Å². The van der Waals surface area contributed by atoms with Crippen molar-refractivity contribution in [2.45, 2.75) is 11.8 Å². The number of thioether (sulfide) groups is 1. The number of aliphatic carboxylic acids is 1. The quantitative estimate of drug-likeness (QED) is 0.793. The summed E-state index contributed by atoms with van der Waals surface area (Å²) in [4.78, 5) is 46.9. The molecule has 0 fully saturated rings. The molecule has 1 aromatic carbocycles. The van der Waals surface area contributed by atoms with Gasteiger partial charge < -0.3 is 10.4 Å². The molecule has 6 nitrogen and oxygen atoms in total. The van der Waals surface area contributed by atoms with Crippen LogP contribution in [0.3, 0.4) is 0 Å². The summed E-state index contributed by atoms with van der Waals surface area (Å²) < 4.78 is 0. The number of carbonyl (C=O) groups is 4. The molecule has 1 unspecified atom stereocenters. The van der Waals surface area contributed by atoms with Crippen LogP contribution in [0.2, 0.25) is 0 Å². The van der Waals surface area contributed by atoms with Gasteiger partial charge in [0.2, 0.25) is 11.0 Å². The lowest BCUT2D eigenvalue weighted by Crippen LogP contribution is -2.43. The van der Waals surface area contributed by atoms with Gasteiger partial charge in [0, 0.05) is 10.5 Å². The van der Waals surface area contributed by atoms with E-state index in [0.717, 1.165) is 17.3 Å². The Morgan fingerprint density at radius 2 is 2.05 bits per heavy atom. The van der Waals surface area contributed by atoms with Crippen LogP contribution in [0.4, 0.5) is 0 Å². The fourth-order valence-electron chi connectivity index (χ4n) is 1.89. The van der Waals surface area contributed by atoms with Crippen LogP contribution in [0.1, 0.15) is 15.9 Å². The molecular formula is C13H11NO5S. The fourth-order valence-corrected chi connectivity index (χ4v) is 2.94. The molecular weight excluding hydrogens is 282 g/mol. The lowest BCUT2D eigenvalue weighted by molar-refractivity contribution is -0.139. The Labute approximate surface area is 118 Å². The van der Waals surface area contributed by atoms with Crippen molar-refractivity contribution in [3.63, 3.8) is 0 Å². The number of hydrogen-bond acceptors (Lipinski definition) is 5. The van der Waals surface area contributed by atoms with Crippen molar-refractivity contribution in [1.82, 2.24) is 5.32 Å². The van der Waals surface area contributed by atoms with Gasteiger partial charge in [-0.15, -0.1) is 0 Å². The van der Waals surface area contributed by atoms with Gasteiger partial charge in [0.05, 0.1) is 0 Å². The molecule has 2 N–H and O–H groups in total. The van der Waals surface area contributed by atoms with E-state index in [9.17, 15) is 19.2 Å². The molecule has 0 aliphatic carbocycles. The van der Waals surface area contributed by atoms with Gasteiger partial charge in [0.15, 0.2) is 11.7 Å². The first-order valence-corrected chi connectivity index (χ1v) is 6.58. The molecule has 0 saturated heterocycles. The third kappa shape index (κ3) is 2.57. The van der Waals surface area contributed by atoms with Crippen molar-refractivity contribution in [2.24, 2.45) is 5.92 Å². The molecule has 104 valence electrons. The molecule has 7 heteroatoms. The first kappa shape index (κ1) is 14.3. The minimum Gasteiger partial charge on any atom is -0.480 e. The van der Waals surface area contributed by atoms with Crippen molar-refractivity contribution < 1.29 is 24.3 Å². The Kier molecular flexibility index (Phi) is 3.89. The minimum atomic E-state index is -1.48. The maximum atomic E-state index is 12.2. The average molecular weight is 293 g/mol. The number of carbonyl (C=O) groups excluding carboxylic acids is 3. The number of fused-ring (bicyclic) bond motifs is 1. The summed E-state index contributed by atoms with van der Waals surface area (Å²) >= 11 is 0.845. The fraction of sp³-hybridized carbons (Fsp3) is 0.231. The highest BCUT2D eigenvalue weighted by atomic mass is 32.2. The predicted molar refractivity (Wildman–Crippen MR) is 70.5 cm³/mol. The molecule has 2 rings (SSSR count). The predicted octanol–water partition coefficient (Wildman–Crippen LogP) is 0.627. The normalized spacial score (nSPS) is 17.6. The Morgan fingerprint density at radius 1 is 1.35 bits per heavy atom. The number of rotatable bonds is 3. The van der Waals surface area contributed by atoms with E-state index in [-0.39, 0.29) is 0 Å². The minimum absolute atomic E-state index is 0.324. The lowest BCUT2D eigenvalue weighted by Gasteiger charge is -2.21. The van der Waals surface area contributed by atoms with Crippen LogP contribution in [0.15, 0.2) is 23.1 Å². The maximum Gasteiger partial charge on any atom is 0.322 e. The molecule has 0 bridgehead atoms. The molecule has 1 aromatic rings. The van der Waals surface area contributed by atoms with Crippen LogP contribution in [0, 0.1) is 12.8 Å². The SMILES string of the molecule is Cc1cccc2c1SC(=O)C(C(=O)NCC(=O)O)C2=O. The van der Waals surface area contributed by atoms with E-state index >= 15 is 0 Å². The Balaban J connectivity index is 2.29. The van der Waals surface area contributed by atoms with Crippen molar-refractivity contribution in [3.05, 3.63) is 29.3 Å². The number of hydrogen-bond donors (Lipinski definition) is 2. The van der Waals surface area contributed by atoms with Crippen LogP contribution in [-0.2, 0) is 14.4 Å². The van der Waals surface area contributed by atoms with E-state index in [1.165, 1.54) is 0 Å². The second kappa shape index (κ2) is 5.46. The van der Waals surface area contributed by atoms with E-state index in [2.05, 4.69) is 5.32 Å². The van der Waals surface area contributed by atoms with Gasteiger partial charge in [-0.2, -0.15) is 0 Å². The summed E-state index contributed by atoms with van der Waals surface area (Å²) in [5, 5.41) is 9.98. The zero-order chi connectivity index (χ0) is 14.9. The molecule has 1 atom stereocenters. The van der Waals surface area contributed by atoms with E-state index in [1.54, 1.807) is 25.1 Å². The highest BCUT2D eigenvalue weighted by Crippen LogP contribution is 2.36. The van der Waals surface area contributed by atoms with Gasteiger partial charge >= 0.3 is 5.97 Å². The van der Waals surface area contributed by atoms with Crippen LogP contribution < -0.4 is 5.32 Å². The van der Waals surface area contributed by atoms with Gasteiger partial charge in [0.1, 0.15) is 6.54 Å². The lowest BCUT2D eigenvalue weighted by atomic mass is 9.96. The van der Waals surface area contributed by atoms with Crippen molar-refractivity contribution in [2.75, 3.05) is 6.54 Å². The molecule has 20 heavy (non-hydrogen) atoms. The van der Waals surface area contributed by atoms with Crippen molar-refractivity contribution in [3.8, 4) is 0 Å². The smallest absolute Gasteiger partial charge is 0.322 e. The third-order valence-corrected chi connectivity index (χ3v) is 4.04. The molecule has 0 spiro atoms. The third-order valence-electron chi connectivity index (χ3n) is 2.85. The summed E-state index contributed by atoms with van der Waals surface area (Å²) in [5.41, 5.74) is 1.11. The van der Waals surface area contributed by atoms with Gasteiger partial charge in [-0.25, -0.2) is 0 Å². The Bertz CT molecular complexity index is 625. The summed E-state index contributed by atoms with van der Waals surface area (Å²) in [6.45, 7) is 1.15. The summed E-state index contributed by atoms with van der Waals surface area (Å²) in [5.74, 6) is -4.18. The average Bonchev–Trinajstić information content (AvgIpc) is 2.38. The number of nitrogens with one attached hydrogen (secondary N) is 1. The highest BCUT2D eigenvalue weighted by molar-refractivity contribution is 8.14. The monoisotopic (exact) mass is 293 g/mol. The van der Waals surface area contributed by atoms with Gasteiger partial charge in [-0.1, -0.05) is 18.2 Å². The molecule has 1 aliphatic heterocycles. The molecule has 1 amide bonds. The Morgan fingerprint density at radius 3 is 2.70 bits per heavy atom. The van der Waals surface area contributed by atoms with Crippen LogP contribution in [-0.4, -0.2) is 34.4 Å². The van der Waals surface area contributed by atoms with E-state index in [0.29, 0.717) is 10.5 Å². The van der Waals surface area contributed by atoms with E-state index < -0.39 is 35.2 Å². The standard InChI is InChI=1S/C13H11NO5S/c1-6-3-2-4-7-10(17)9(13(19)20-11(6)7)12(18)14-5-8(15)16/h2-4,9H,5H2,1H3,(H,14,18)(H,15,16). The topological polar surface area (TPSA) is 101 Å². The first-order chi connectivity index (χ1) is 9.41. The number of Topliss-reactive ketones (excluding diaryl/α,β-unsaturated/α-hetero) is 1. The number of benzene rings is 1. The van der Waals surface area contributed by atoms with Crippen molar-refractivity contribution >= 4 is 34.5 Å². The zero-order valence-electron chi connectivity index (χ0n) is 10.5. The number of aryl methyl sites for hydroxylation is 1. The Hall–Kier alpha value is -2.15. The zero-order valence-corrected chi connectivity index (χ0v) is 11.3. The molecule has 1 heterocycles. The number of carboxylic acid groups (broad SMARTS) is 1. The molecule has 0 saturated carbocycles. The van der Waals surface area contributed by atoms with Gasteiger partial charge in [-0.05, 0) is 24.2 Å². The van der Waals surface area contributed by atoms with E-state index in [4.69, 9.17) is 5.11 Å². The number of ketones is 1. The van der Waals surface area contributed by atoms with Gasteiger partial charge in [0.25, 0.3) is 0 Å². The summed E-state index contributed by atoms with van der Waals surface area (Å²) in [6.07, 6.45) is 0. The number of amides is 1. The second-order valence-electron chi connectivity index (χ2n) is 4.28. The summed E-state index contributed by atoms with van der Waals surface area (Å²) in [7, 11) is 0. The highest BCUT2D eigenvalue weighted by Gasteiger charge is 2.40. The maximum absolute atomic E-state index is 12.2. The first-order valence-electron chi connectivity index (χ1n) is 5.77. The van der Waals surface area contributed by atoms with E-state index in [1.807, 2.05) is 0 Å². The van der Waals surface area contributed by atoms with Crippen molar-refractivity contribution in [1.29, 1.82) is 0 Å². The van der Waals surface area contributed by atoms with Gasteiger partial charge in [-0.3, -0.25) is 19.2 Å².